The van der Waals surface area contributed by atoms with Crippen molar-refractivity contribution in [3.8, 4) is 0 Å². The van der Waals surface area contributed by atoms with Gasteiger partial charge >= 0.3 is 0 Å². The van der Waals surface area contributed by atoms with Gasteiger partial charge in [0.05, 0.1) is 6.04 Å². The van der Waals surface area contributed by atoms with E-state index in [0.29, 0.717) is 11.5 Å². The molecule has 4 aromatic rings. The van der Waals surface area contributed by atoms with E-state index in [0.717, 1.165) is 54.9 Å². The van der Waals surface area contributed by atoms with Crippen LogP contribution in [-0.2, 0) is 12.8 Å². The van der Waals surface area contributed by atoms with Crippen LogP contribution < -0.4 is 5.32 Å². The molecule has 1 aliphatic heterocycles. The average Bonchev–Trinajstić information content (AvgIpc) is 3.33. The minimum Gasteiger partial charge on any atom is -0.313 e. The number of carbonyl (C=O) groups excluding carboxylic acids is 1. The smallest absolute Gasteiger partial charge is 0.256 e. The first kappa shape index (κ1) is 25.4. The zero-order valence-electron chi connectivity index (χ0n) is 21.2. The summed E-state index contributed by atoms with van der Waals surface area (Å²) in [5.41, 5.74) is 4.00. The van der Waals surface area contributed by atoms with E-state index in [2.05, 4.69) is 53.5 Å². The van der Waals surface area contributed by atoms with Crippen LogP contribution in [0.4, 0.5) is 9.39 Å². The van der Waals surface area contributed by atoms with Gasteiger partial charge < -0.3 is 5.32 Å². The number of likely N-dealkylation sites (tertiary alicyclic amines) is 1. The molecule has 1 atom stereocenters. The van der Waals surface area contributed by atoms with Crippen molar-refractivity contribution in [3.05, 3.63) is 124 Å². The molecule has 190 valence electrons. The molecule has 1 saturated heterocycles. The van der Waals surface area contributed by atoms with Gasteiger partial charge in [-0.25, -0.2) is 4.39 Å². The number of hydrogen-bond donors (Lipinski definition) is 1. The van der Waals surface area contributed by atoms with Crippen molar-refractivity contribution in [1.29, 1.82) is 0 Å². The first-order valence-electron chi connectivity index (χ1n) is 13.1. The number of carbonyl (C=O) groups is 1. The van der Waals surface area contributed by atoms with E-state index in [4.69, 9.17) is 0 Å². The lowest BCUT2D eigenvalue weighted by atomic mass is 9.88. The summed E-state index contributed by atoms with van der Waals surface area (Å²) in [6.07, 6.45) is 4.17. The Kier molecular flexibility index (Phi) is 8.12. The van der Waals surface area contributed by atoms with Crippen molar-refractivity contribution in [2.45, 2.75) is 38.6 Å². The molecule has 1 aliphatic rings. The average molecular weight is 513 g/mol. The Hall–Kier alpha value is -3.28. The zero-order valence-corrected chi connectivity index (χ0v) is 22.0. The molecule has 3 aromatic carbocycles. The SMILES string of the molecule is CCc1cc([C@H](c2cccc(F)c2)N2CCC(Cc3ccccc3)CC2)c(NC(=O)c2ccccc2)s1. The largest absolute Gasteiger partial charge is 0.313 e. The molecular formula is C32H33FN2OS. The number of halogens is 1. The van der Waals surface area contributed by atoms with Gasteiger partial charge in [-0.2, -0.15) is 0 Å². The fraction of sp³-hybridized carbons (Fsp3) is 0.281. The maximum absolute atomic E-state index is 14.4. The van der Waals surface area contributed by atoms with Crippen molar-refractivity contribution in [2.24, 2.45) is 5.92 Å². The van der Waals surface area contributed by atoms with Gasteiger partial charge in [0.15, 0.2) is 0 Å². The highest BCUT2D eigenvalue weighted by Gasteiger charge is 2.31. The molecule has 2 heterocycles. The summed E-state index contributed by atoms with van der Waals surface area (Å²) in [7, 11) is 0. The summed E-state index contributed by atoms with van der Waals surface area (Å²) in [4.78, 5) is 16.8. The van der Waals surface area contributed by atoms with Crippen molar-refractivity contribution in [2.75, 3.05) is 18.4 Å². The van der Waals surface area contributed by atoms with Gasteiger partial charge in [0.25, 0.3) is 5.91 Å². The number of amides is 1. The topological polar surface area (TPSA) is 32.3 Å². The van der Waals surface area contributed by atoms with Crippen molar-refractivity contribution < 1.29 is 9.18 Å². The molecule has 3 nitrogen and oxygen atoms in total. The summed E-state index contributed by atoms with van der Waals surface area (Å²) in [5.74, 6) is 0.283. The highest BCUT2D eigenvalue weighted by Crippen LogP contribution is 2.41. The number of anilines is 1. The second kappa shape index (κ2) is 11.8. The summed E-state index contributed by atoms with van der Waals surface area (Å²) < 4.78 is 14.4. The molecule has 1 N–H and O–H groups in total. The monoisotopic (exact) mass is 512 g/mol. The highest BCUT2D eigenvalue weighted by atomic mass is 32.1. The summed E-state index contributed by atoms with van der Waals surface area (Å²) in [5, 5.41) is 4.04. The fourth-order valence-corrected chi connectivity index (χ4v) is 6.35. The number of benzene rings is 3. The summed E-state index contributed by atoms with van der Waals surface area (Å²) in [6, 6.07) is 29.0. The Bertz CT molecular complexity index is 1310. The van der Waals surface area contributed by atoms with E-state index in [-0.39, 0.29) is 17.8 Å². The molecule has 1 amide bonds. The van der Waals surface area contributed by atoms with Crippen molar-refractivity contribution in [1.82, 2.24) is 4.90 Å². The number of thiophene rings is 1. The summed E-state index contributed by atoms with van der Waals surface area (Å²) in [6.45, 7) is 3.99. The maximum Gasteiger partial charge on any atom is 0.256 e. The molecule has 0 unspecified atom stereocenters. The molecule has 0 saturated carbocycles. The Morgan fingerprint density at radius 3 is 2.35 bits per heavy atom. The van der Waals surface area contributed by atoms with Crippen LogP contribution in [0.1, 0.15) is 57.7 Å². The molecule has 5 heteroatoms. The van der Waals surface area contributed by atoms with Crippen LogP contribution in [0.5, 0.6) is 0 Å². The van der Waals surface area contributed by atoms with Crippen LogP contribution in [0.2, 0.25) is 0 Å². The lowest BCUT2D eigenvalue weighted by Gasteiger charge is -2.38. The van der Waals surface area contributed by atoms with Gasteiger partial charge in [0, 0.05) is 16.0 Å². The van der Waals surface area contributed by atoms with E-state index in [9.17, 15) is 9.18 Å². The normalized spacial score (nSPS) is 15.4. The van der Waals surface area contributed by atoms with Crippen LogP contribution >= 0.6 is 11.3 Å². The molecule has 5 rings (SSSR count). The Morgan fingerprint density at radius 2 is 1.68 bits per heavy atom. The van der Waals surface area contributed by atoms with E-state index in [1.54, 1.807) is 23.5 Å². The van der Waals surface area contributed by atoms with Crippen LogP contribution in [0.3, 0.4) is 0 Å². The molecule has 1 fully saturated rings. The van der Waals surface area contributed by atoms with E-state index in [1.807, 2.05) is 36.4 Å². The Labute approximate surface area is 223 Å². The number of nitrogens with zero attached hydrogens (tertiary/aromatic N) is 1. The minimum atomic E-state index is -0.234. The van der Waals surface area contributed by atoms with Gasteiger partial charge in [-0.05, 0) is 86.1 Å². The number of nitrogens with one attached hydrogen (secondary N) is 1. The van der Waals surface area contributed by atoms with E-state index in [1.165, 1.54) is 16.5 Å². The number of hydrogen-bond acceptors (Lipinski definition) is 3. The van der Waals surface area contributed by atoms with Crippen molar-refractivity contribution >= 4 is 22.2 Å². The predicted molar refractivity (Wildman–Crippen MR) is 151 cm³/mol. The van der Waals surface area contributed by atoms with Crippen LogP contribution in [0.25, 0.3) is 0 Å². The Morgan fingerprint density at radius 1 is 0.973 bits per heavy atom. The predicted octanol–water partition coefficient (Wildman–Crippen LogP) is 7.75. The van der Waals surface area contributed by atoms with E-state index < -0.39 is 0 Å². The van der Waals surface area contributed by atoms with Crippen LogP contribution in [-0.4, -0.2) is 23.9 Å². The van der Waals surface area contributed by atoms with Crippen LogP contribution in [0, 0.1) is 11.7 Å². The van der Waals surface area contributed by atoms with Gasteiger partial charge in [-0.1, -0.05) is 67.6 Å². The lowest BCUT2D eigenvalue weighted by molar-refractivity contribution is 0.102. The second-order valence-electron chi connectivity index (χ2n) is 9.80. The zero-order chi connectivity index (χ0) is 25.6. The third-order valence-corrected chi connectivity index (χ3v) is 8.47. The number of aryl methyl sites for hydroxylation is 1. The lowest BCUT2D eigenvalue weighted by Crippen LogP contribution is -2.38. The molecule has 1 aromatic heterocycles. The highest BCUT2D eigenvalue weighted by molar-refractivity contribution is 7.16. The molecule has 0 radical (unpaired) electrons. The van der Waals surface area contributed by atoms with Gasteiger partial charge in [0.1, 0.15) is 10.8 Å². The third kappa shape index (κ3) is 6.17. The van der Waals surface area contributed by atoms with E-state index >= 15 is 0 Å². The molecule has 37 heavy (non-hydrogen) atoms. The molecule has 0 aliphatic carbocycles. The fourth-order valence-electron chi connectivity index (χ4n) is 5.32. The van der Waals surface area contributed by atoms with Crippen molar-refractivity contribution in [3.63, 3.8) is 0 Å². The second-order valence-corrected chi connectivity index (χ2v) is 10.9. The quantitative estimate of drug-likeness (QED) is 0.262. The number of rotatable bonds is 8. The first-order chi connectivity index (χ1) is 18.1. The third-order valence-electron chi connectivity index (χ3n) is 7.26. The molecule has 0 bridgehead atoms. The molecule has 0 spiro atoms. The Balaban J connectivity index is 1.43. The van der Waals surface area contributed by atoms with Gasteiger partial charge in [0.2, 0.25) is 0 Å². The summed E-state index contributed by atoms with van der Waals surface area (Å²) >= 11 is 1.62. The number of piperidine rings is 1. The standard InChI is InChI=1S/C32H33FN2OS/c1-2-28-22-29(32(37-28)34-31(36)25-12-7-4-8-13-25)30(26-14-9-15-27(33)21-26)35-18-16-24(17-19-35)20-23-10-5-3-6-11-23/h3-15,21-22,24,30H,2,16-20H2,1H3,(H,34,36)/t30-/m0/s1. The van der Waals surface area contributed by atoms with Crippen LogP contribution in [0.15, 0.2) is 91.0 Å². The minimum absolute atomic E-state index is 0.115. The molecular weight excluding hydrogens is 479 g/mol. The first-order valence-corrected chi connectivity index (χ1v) is 13.9. The maximum atomic E-state index is 14.4. The van der Waals surface area contributed by atoms with Gasteiger partial charge in [-0.3, -0.25) is 9.69 Å². The van der Waals surface area contributed by atoms with Gasteiger partial charge in [-0.15, -0.1) is 11.3 Å².